The van der Waals surface area contributed by atoms with E-state index in [2.05, 4.69) is 9.97 Å². The van der Waals surface area contributed by atoms with Gasteiger partial charge < -0.3 is 4.98 Å². The molecule has 3 aromatic carbocycles. The van der Waals surface area contributed by atoms with E-state index in [-0.39, 0.29) is 26.1 Å². The number of rotatable bonds is 4. The van der Waals surface area contributed by atoms with Crippen molar-refractivity contribution in [2.24, 2.45) is 0 Å². The Morgan fingerprint density at radius 1 is 1.03 bits per heavy atom. The van der Waals surface area contributed by atoms with E-state index in [1.165, 1.54) is 36.4 Å². The average molecular weight is 499 g/mol. The Morgan fingerprint density at radius 3 is 2.31 bits per heavy atom. The van der Waals surface area contributed by atoms with Gasteiger partial charge in [-0.1, -0.05) is 53.5 Å². The molecule has 4 aromatic rings. The standard InChI is InChI=1S/C22H15Cl2F3N2O2S/c1-32(30,31)13-8-6-12(7-9-13)10-18-28-17-11-16(23)19(20(24)21(17)29-18)14-4-2-3-5-15(14)22(25,26)27/h2-9,11H,10H2,1H3,(H,28,29). The first-order valence-electron chi connectivity index (χ1n) is 9.27. The molecule has 0 fully saturated rings. The summed E-state index contributed by atoms with van der Waals surface area (Å²) in [7, 11) is -3.30. The van der Waals surface area contributed by atoms with Crippen LogP contribution in [0.15, 0.2) is 59.5 Å². The Balaban J connectivity index is 1.77. The fourth-order valence-corrected chi connectivity index (χ4v) is 4.79. The number of hydrogen-bond acceptors (Lipinski definition) is 3. The maximum absolute atomic E-state index is 13.5. The smallest absolute Gasteiger partial charge is 0.342 e. The van der Waals surface area contributed by atoms with E-state index in [0.717, 1.165) is 17.9 Å². The van der Waals surface area contributed by atoms with Crippen LogP contribution in [0.3, 0.4) is 0 Å². The molecule has 0 atom stereocenters. The number of alkyl halides is 3. The highest BCUT2D eigenvalue weighted by Crippen LogP contribution is 2.44. The van der Waals surface area contributed by atoms with Gasteiger partial charge in [-0.05, 0) is 35.4 Å². The van der Waals surface area contributed by atoms with E-state index in [1.54, 1.807) is 12.1 Å². The van der Waals surface area contributed by atoms with Gasteiger partial charge in [0.1, 0.15) is 11.3 Å². The molecule has 1 aromatic heterocycles. The van der Waals surface area contributed by atoms with E-state index in [4.69, 9.17) is 23.2 Å². The van der Waals surface area contributed by atoms with Gasteiger partial charge in [0.15, 0.2) is 9.84 Å². The van der Waals surface area contributed by atoms with Crippen molar-refractivity contribution in [2.75, 3.05) is 6.26 Å². The third-order valence-electron chi connectivity index (χ3n) is 4.94. The fourth-order valence-electron chi connectivity index (χ4n) is 3.46. The van der Waals surface area contributed by atoms with Gasteiger partial charge in [0.25, 0.3) is 0 Å². The molecular formula is C22H15Cl2F3N2O2S. The number of imidazole rings is 1. The molecule has 0 aliphatic carbocycles. The van der Waals surface area contributed by atoms with Gasteiger partial charge in [-0.15, -0.1) is 0 Å². The summed E-state index contributed by atoms with van der Waals surface area (Å²) in [5.41, 5.74) is 0.662. The zero-order chi connectivity index (χ0) is 23.3. The molecule has 1 heterocycles. The lowest BCUT2D eigenvalue weighted by Crippen LogP contribution is -2.07. The monoisotopic (exact) mass is 498 g/mol. The maximum atomic E-state index is 13.5. The largest absolute Gasteiger partial charge is 0.417 e. The molecule has 1 N–H and O–H groups in total. The van der Waals surface area contributed by atoms with Gasteiger partial charge >= 0.3 is 6.18 Å². The molecule has 0 bridgehead atoms. The number of hydrogen-bond donors (Lipinski definition) is 1. The van der Waals surface area contributed by atoms with E-state index in [9.17, 15) is 21.6 Å². The van der Waals surface area contributed by atoms with Crippen LogP contribution in [0.2, 0.25) is 10.0 Å². The molecule has 32 heavy (non-hydrogen) atoms. The summed E-state index contributed by atoms with van der Waals surface area (Å²) in [5, 5.41) is 0.0750. The van der Waals surface area contributed by atoms with Crippen LogP contribution in [0.4, 0.5) is 13.2 Å². The van der Waals surface area contributed by atoms with Crippen molar-refractivity contribution in [1.82, 2.24) is 9.97 Å². The third-order valence-corrected chi connectivity index (χ3v) is 6.74. The first kappa shape index (κ1) is 22.6. The molecule has 0 amide bonds. The minimum atomic E-state index is -4.58. The first-order chi connectivity index (χ1) is 14.9. The fraction of sp³-hybridized carbons (Fsp3) is 0.136. The second-order valence-electron chi connectivity index (χ2n) is 7.26. The molecule has 0 radical (unpaired) electrons. The SMILES string of the molecule is CS(=O)(=O)c1ccc(Cc2nc3c(Cl)c(-c4ccccc4C(F)(F)F)c(Cl)cc3[nH]2)cc1. The predicted octanol–water partition coefficient (Wildman–Crippen LogP) is 6.55. The zero-order valence-electron chi connectivity index (χ0n) is 16.5. The third kappa shape index (κ3) is 4.35. The molecule has 0 spiro atoms. The van der Waals surface area contributed by atoms with Gasteiger partial charge in [-0.3, -0.25) is 0 Å². The van der Waals surface area contributed by atoms with E-state index >= 15 is 0 Å². The van der Waals surface area contributed by atoms with Crippen molar-refractivity contribution in [1.29, 1.82) is 0 Å². The van der Waals surface area contributed by atoms with E-state index < -0.39 is 21.6 Å². The first-order valence-corrected chi connectivity index (χ1v) is 11.9. The Labute approximate surface area is 191 Å². The number of halogens is 5. The summed E-state index contributed by atoms with van der Waals surface area (Å²) in [6, 6.07) is 12.9. The second-order valence-corrected chi connectivity index (χ2v) is 10.1. The lowest BCUT2D eigenvalue weighted by molar-refractivity contribution is -0.137. The summed E-state index contributed by atoms with van der Waals surface area (Å²) >= 11 is 12.8. The number of benzene rings is 3. The molecule has 0 unspecified atom stereocenters. The normalized spacial score (nSPS) is 12.4. The van der Waals surface area contributed by atoms with Crippen molar-refractivity contribution in [3.05, 3.63) is 81.6 Å². The van der Waals surface area contributed by atoms with Gasteiger partial charge in [-0.25, -0.2) is 13.4 Å². The predicted molar refractivity (Wildman–Crippen MR) is 119 cm³/mol. The van der Waals surface area contributed by atoms with Crippen LogP contribution in [-0.4, -0.2) is 24.6 Å². The molecule has 4 nitrogen and oxygen atoms in total. The van der Waals surface area contributed by atoms with Crippen LogP contribution in [0.5, 0.6) is 0 Å². The van der Waals surface area contributed by atoms with Crippen molar-refractivity contribution in [2.45, 2.75) is 17.5 Å². The van der Waals surface area contributed by atoms with E-state index in [1.807, 2.05) is 0 Å². The van der Waals surface area contributed by atoms with Crippen molar-refractivity contribution in [3.63, 3.8) is 0 Å². The highest BCUT2D eigenvalue weighted by atomic mass is 35.5. The number of nitrogens with one attached hydrogen (secondary N) is 1. The summed E-state index contributed by atoms with van der Waals surface area (Å²) < 4.78 is 63.8. The topological polar surface area (TPSA) is 62.8 Å². The Hall–Kier alpha value is -2.55. The van der Waals surface area contributed by atoms with Crippen LogP contribution < -0.4 is 0 Å². The van der Waals surface area contributed by atoms with Crippen molar-refractivity contribution in [3.8, 4) is 11.1 Å². The zero-order valence-corrected chi connectivity index (χ0v) is 18.8. The number of H-pyrrole nitrogens is 1. The summed E-state index contributed by atoms with van der Waals surface area (Å²) in [4.78, 5) is 7.73. The molecule has 0 saturated carbocycles. The summed E-state index contributed by atoms with van der Waals surface area (Å²) in [6.07, 6.45) is -3.12. The Bertz CT molecular complexity index is 1430. The second kappa shape index (κ2) is 8.10. The van der Waals surface area contributed by atoms with Gasteiger partial charge in [0.05, 0.1) is 26.0 Å². The number of sulfone groups is 1. The highest BCUT2D eigenvalue weighted by Gasteiger charge is 2.34. The molecule has 0 aliphatic rings. The lowest BCUT2D eigenvalue weighted by atomic mass is 9.98. The van der Waals surface area contributed by atoms with Crippen LogP contribution in [-0.2, 0) is 22.4 Å². The van der Waals surface area contributed by atoms with Crippen LogP contribution in [0.1, 0.15) is 17.0 Å². The van der Waals surface area contributed by atoms with E-state index in [0.29, 0.717) is 23.3 Å². The molecule has 10 heteroatoms. The van der Waals surface area contributed by atoms with Gasteiger partial charge in [0.2, 0.25) is 0 Å². The van der Waals surface area contributed by atoms with Crippen molar-refractivity contribution >= 4 is 44.1 Å². The Kier molecular flexibility index (Phi) is 5.73. The van der Waals surface area contributed by atoms with Crippen molar-refractivity contribution < 1.29 is 21.6 Å². The molecule has 166 valence electrons. The Morgan fingerprint density at radius 2 is 1.69 bits per heavy atom. The summed E-state index contributed by atoms with van der Waals surface area (Å²) in [6.45, 7) is 0. The molecule has 4 rings (SSSR count). The number of aromatic nitrogens is 2. The molecule has 0 saturated heterocycles. The quantitative estimate of drug-likeness (QED) is 0.347. The van der Waals surface area contributed by atoms with Gasteiger partial charge in [0, 0.05) is 18.2 Å². The summed E-state index contributed by atoms with van der Waals surface area (Å²) in [5.74, 6) is 0.506. The minimum Gasteiger partial charge on any atom is -0.342 e. The lowest BCUT2D eigenvalue weighted by Gasteiger charge is -2.15. The van der Waals surface area contributed by atoms with Crippen LogP contribution in [0.25, 0.3) is 22.2 Å². The highest BCUT2D eigenvalue weighted by molar-refractivity contribution is 7.90. The molecule has 0 aliphatic heterocycles. The maximum Gasteiger partial charge on any atom is 0.417 e. The van der Waals surface area contributed by atoms with Gasteiger partial charge in [-0.2, -0.15) is 13.2 Å². The molecular weight excluding hydrogens is 484 g/mol. The van der Waals surface area contributed by atoms with Crippen LogP contribution >= 0.6 is 23.2 Å². The van der Waals surface area contributed by atoms with Crippen LogP contribution in [0, 0.1) is 0 Å². The number of fused-ring (bicyclic) bond motifs is 1. The average Bonchev–Trinajstić information content (AvgIpc) is 3.10. The minimum absolute atomic E-state index is 0.0131. The number of nitrogens with zero attached hydrogens (tertiary/aromatic N) is 1. The number of aromatic amines is 1.